The Kier molecular flexibility index (Phi) is 6.33. The minimum Gasteiger partial charge on any atom is -0.310 e. The Hall–Kier alpha value is -2.57. The normalized spacial score (nSPS) is 15.0. The van der Waals surface area contributed by atoms with Crippen molar-refractivity contribution in [3.63, 3.8) is 0 Å². The van der Waals surface area contributed by atoms with Gasteiger partial charge in [0.2, 0.25) is 20.0 Å². The average molecular weight is 488 g/mol. The first kappa shape index (κ1) is 24.1. The van der Waals surface area contributed by atoms with Crippen LogP contribution in [-0.4, -0.2) is 60.0 Å². The number of sulfonamides is 2. The van der Waals surface area contributed by atoms with Gasteiger partial charge in [0, 0.05) is 32.4 Å². The van der Waals surface area contributed by atoms with Crippen LogP contribution in [0.4, 0.5) is 20.2 Å². The number of amides is 1. The number of benzene rings is 2. The molecule has 0 fully saturated rings. The van der Waals surface area contributed by atoms with Gasteiger partial charge in [-0.05, 0) is 49.2 Å². The highest BCUT2D eigenvalue weighted by molar-refractivity contribution is 7.92. The molecule has 1 aliphatic rings. The number of carbonyl (C=O) groups excluding carboxylic acids is 1. The van der Waals surface area contributed by atoms with E-state index in [9.17, 15) is 30.4 Å². The van der Waals surface area contributed by atoms with Crippen molar-refractivity contribution < 1.29 is 30.4 Å². The number of carbonyl (C=O) groups is 1. The molecular formula is C20H23F2N3O5S2. The highest BCUT2D eigenvalue weighted by atomic mass is 32.2. The molecule has 0 N–H and O–H groups in total. The Morgan fingerprint density at radius 3 is 2.25 bits per heavy atom. The summed E-state index contributed by atoms with van der Waals surface area (Å²) in [4.78, 5) is 14.7. The van der Waals surface area contributed by atoms with E-state index in [0.717, 1.165) is 33.1 Å². The Morgan fingerprint density at radius 1 is 1.03 bits per heavy atom. The Balaban J connectivity index is 1.96. The number of hydrogen-bond acceptors (Lipinski definition) is 5. The predicted octanol–water partition coefficient (Wildman–Crippen LogP) is 1.96. The maximum Gasteiger partial charge on any atom is 0.250 e. The highest BCUT2D eigenvalue weighted by Crippen LogP contribution is 2.33. The SMILES string of the molecule is C[C@@H](C(=O)N1CCc2cc(S(=O)(=O)N(C)C)ccc21)N(c1ccc(F)c(F)c1)S(C)(=O)=O. The average Bonchev–Trinajstić information content (AvgIpc) is 3.12. The molecule has 0 saturated carbocycles. The van der Waals surface area contributed by atoms with Gasteiger partial charge in [0.05, 0.1) is 16.8 Å². The van der Waals surface area contributed by atoms with Crippen LogP contribution in [0, 0.1) is 11.6 Å². The number of rotatable bonds is 6. The smallest absolute Gasteiger partial charge is 0.250 e. The van der Waals surface area contributed by atoms with Gasteiger partial charge >= 0.3 is 0 Å². The molecule has 8 nitrogen and oxygen atoms in total. The summed E-state index contributed by atoms with van der Waals surface area (Å²) in [6.45, 7) is 1.58. The van der Waals surface area contributed by atoms with E-state index < -0.39 is 43.6 Å². The van der Waals surface area contributed by atoms with E-state index in [1.54, 1.807) is 0 Å². The molecular weight excluding hydrogens is 464 g/mol. The van der Waals surface area contributed by atoms with Gasteiger partial charge < -0.3 is 4.90 Å². The van der Waals surface area contributed by atoms with E-state index in [-0.39, 0.29) is 17.1 Å². The van der Waals surface area contributed by atoms with Gasteiger partial charge in [0.15, 0.2) is 11.6 Å². The molecule has 0 unspecified atom stereocenters. The van der Waals surface area contributed by atoms with Gasteiger partial charge in [0.25, 0.3) is 5.91 Å². The number of fused-ring (bicyclic) bond motifs is 1. The highest BCUT2D eigenvalue weighted by Gasteiger charge is 2.36. The van der Waals surface area contributed by atoms with Crippen LogP contribution in [0.15, 0.2) is 41.3 Å². The molecule has 32 heavy (non-hydrogen) atoms. The second-order valence-electron chi connectivity index (χ2n) is 7.65. The number of halogens is 2. The van der Waals surface area contributed by atoms with Gasteiger partial charge in [-0.3, -0.25) is 9.10 Å². The summed E-state index contributed by atoms with van der Waals surface area (Å²) in [5, 5.41) is 0. The second-order valence-corrected chi connectivity index (χ2v) is 11.7. The third-order valence-electron chi connectivity index (χ3n) is 5.22. The van der Waals surface area contributed by atoms with E-state index >= 15 is 0 Å². The number of hydrogen-bond donors (Lipinski definition) is 0. The summed E-state index contributed by atoms with van der Waals surface area (Å²) >= 11 is 0. The molecule has 3 rings (SSSR count). The Labute approximate surface area is 186 Å². The van der Waals surface area contributed by atoms with E-state index in [4.69, 9.17) is 0 Å². The largest absolute Gasteiger partial charge is 0.310 e. The van der Waals surface area contributed by atoms with E-state index in [1.165, 1.54) is 44.1 Å². The predicted molar refractivity (Wildman–Crippen MR) is 117 cm³/mol. The molecule has 1 aliphatic heterocycles. The van der Waals surface area contributed by atoms with Crippen LogP contribution >= 0.6 is 0 Å². The fourth-order valence-corrected chi connectivity index (χ4v) is 5.74. The summed E-state index contributed by atoms with van der Waals surface area (Å²) in [6.07, 6.45) is 1.25. The monoisotopic (exact) mass is 487 g/mol. The first-order chi connectivity index (χ1) is 14.7. The van der Waals surface area contributed by atoms with Crippen LogP contribution in [0.25, 0.3) is 0 Å². The lowest BCUT2D eigenvalue weighted by atomic mass is 10.1. The van der Waals surface area contributed by atoms with Crippen molar-refractivity contribution in [3.05, 3.63) is 53.6 Å². The molecule has 2 aromatic rings. The van der Waals surface area contributed by atoms with Crippen molar-refractivity contribution in [2.75, 3.05) is 36.1 Å². The Morgan fingerprint density at radius 2 is 1.69 bits per heavy atom. The van der Waals surface area contributed by atoms with E-state index in [1.807, 2.05) is 0 Å². The van der Waals surface area contributed by atoms with Crippen molar-refractivity contribution in [3.8, 4) is 0 Å². The maximum absolute atomic E-state index is 13.7. The summed E-state index contributed by atoms with van der Waals surface area (Å²) in [6, 6.07) is 5.71. The lowest BCUT2D eigenvalue weighted by molar-refractivity contribution is -0.119. The molecule has 174 valence electrons. The molecule has 1 heterocycles. The van der Waals surface area contributed by atoms with E-state index in [2.05, 4.69) is 0 Å². The van der Waals surface area contributed by atoms with Crippen LogP contribution in [0.5, 0.6) is 0 Å². The zero-order valence-electron chi connectivity index (χ0n) is 17.9. The quantitative estimate of drug-likeness (QED) is 0.621. The Bertz CT molecular complexity index is 1280. The van der Waals surface area contributed by atoms with Crippen LogP contribution < -0.4 is 9.21 Å². The minimum atomic E-state index is -4.02. The number of nitrogens with zero attached hydrogens (tertiary/aromatic N) is 3. The summed E-state index contributed by atoms with van der Waals surface area (Å²) in [7, 11) is -4.85. The minimum absolute atomic E-state index is 0.0862. The molecule has 0 saturated heterocycles. The van der Waals surface area contributed by atoms with Crippen molar-refractivity contribution in [1.82, 2.24) is 4.31 Å². The standard InChI is InChI=1S/C20H23F2N3O5S2/c1-13(25(31(4,27)28)15-5-7-17(21)18(22)12-15)20(26)24-10-9-14-11-16(6-8-19(14)24)32(29,30)23(2)3/h5-8,11-13H,9-10H2,1-4H3/t13-/m0/s1. The fourth-order valence-electron chi connectivity index (χ4n) is 3.63. The van der Waals surface area contributed by atoms with Crippen LogP contribution in [-0.2, 0) is 31.3 Å². The first-order valence-corrected chi connectivity index (χ1v) is 12.8. The maximum atomic E-state index is 13.7. The lowest BCUT2D eigenvalue weighted by Crippen LogP contribution is -2.49. The first-order valence-electron chi connectivity index (χ1n) is 9.56. The third-order valence-corrected chi connectivity index (χ3v) is 8.27. The molecule has 2 aromatic carbocycles. The van der Waals surface area contributed by atoms with Gasteiger partial charge in [-0.15, -0.1) is 0 Å². The fraction of sp³-hybridized carbons (Fsp3) is 0.350. The van der Waals surface area contributed by atoms with Gasteiger partial charge in [0.1, 0.15) is 6.04 Å². The van der Waals surface area contributed by atoms with Crippen LogP contribution in [0.3, 0.4) is 0 Å². The zero-order chi connectivity index (χ0) is 24.0. The van der Waals surface area contributed by atoms with Crippen molar-refractivity contribution >= 4 is 37.3 Å². The molecule has 0 radical (unpaired) electrons. The van der Waals surface area contributed by atoms with Crippen LogP contribution in [0.1, 0.15) is 12.5 Å². The molecule has 0 aliphatic carbocycles. The topological polar surface area (TPSA) is 95.1 Å². The summed E-state index contributed by atoms with van der Waals surface area (Å²) < 4.78 is 78.5. The van der Waals surface area contributed by atoms with Crippen molar-refractivity contribution in [1.29, 1.82) is 0 Å². The lowest BCUT2D eigenvalue weighted by Gasteiger charge is -2.31. The van der Waals surface area contributed by atoms with Crippen molar-refractivity contribution in [2.45, 2.75) is 24.3 Å². The molecule has 12 heteroatoms. The molecule has 0 aromatic heterocycles. The zero-order valence-corrected chi connectivity index (χ0v) is 19.5. The molecule has 0 spiro atoms. The number of anilines is 2. The summed E-state index contributed by atoms with van der Waals surface area (Å²) in [5.41, 5.74) is 0.921. The molecule has 0 bridgehead atoms. The van der Waals surface area contributed by atoms with Gasteiger partial charge in [-0.1, -0.05) is 0 Å². The van der Waals surface area contributed by atoms with Crippen molar-refractivity contribution in [2.24, 2.45) is 0 Å². The summed E-state index contributed by atoms with van der Waals surface area (Å²) in [5.74, 6) is -2.96. The molecule has 1 amide bonds. The molecule has 1 atom stereocenters. The third kappa shape index (κ3) is 4.34. The second kappa shape index (κ2) is 8.41. The van der Waals surface area contributed by atoms with Gasteiger partial charge in [-0.2, -0.15) is 0 Å². The van der Waals surface area contributed by atoms with Gasteiger partial charge in [-0.25, -0.2) is 29.9 Å². The van der Waals surface area contributed by atoms with Crippen LogP contribution in [0.2, 0.25) is 0 Å². The van der Waals surface area contributed by atoms with E-state index in [0.29, 0.717) is 17.7 Å².